The van der Waals surface area contributed by atoms with E-state index in [0.717, 1.165) is 17.7 Å². The van der Waals surface area contributed by atoms with Gasteiger partial charge >= 0.3 is 0 Å². The molecular formula is C19H21NO4. The average molecular weight is 327 g/mol. The van der Waals surface area contributed by atoms with Gasteiger partial charge in [0.25, 0.3) is 5.91 Å². The lowest BCUT2D eigenvalue weighted by molar-refractivity contribution is 0.0727. The van der Waals surface area contributed by atoms with Crippen LogP contribution in [0.2, 0.25) is 0 Å². The van der Waals surface area contributed by atoms with Crippen LogP contribution in [0.1, 0.15) is 21.5 Å². The Labute approximate surface area is 141 Å². The van der Waals surface area contributed by atoms with Crippen LogP contribution in [0.15, 0.2) is 36.4 Å². The van der Waals surface area contributed by atoms with Crippen LogP contribution in [0, 0.1) is 0 Å². The van der Waals surface area contributed by atoms with E-state index in [1.165, 1.54) is 5.56 Å². The molecule has 2 aromatic rings. The first-order valence-electron chi connectivity index (χ1n) is 7.84. The van der Waals surface area contributed by atoms with Crippen molar-refractivity contribution in [2.75, 3.05) is 27.9 Å². The Morgan fingerprint density at radius 2 is 1.67 bits per heavy atom. The molecule has 0 bridgehead atoms. The maximum absolute atomic E-state index is 13.0. The molecule has 0 unspecified atom stereocenters. The number of amides is 1. The van der Waals surface area contributed by atoms with Crippen LogP contribution in [0.5, 0.6) is 17.2 Å². The maximum Gasteiger partial charge on any atom is 0.261 e. The summed E-state index contributed by atoms with van der Waals surface area (Å²) in [7, 11) is 4.78. The normalized spacial score (nSPS) is 13.2. The first-order chi connectivity index (χ1) is 11.7. The smallest absolute Gasteiger partial charge is 0.261 e. The van der Waals surface area contributed by atoms with E-state index in [1.807, 2.05) is 29.2 Å². The fourth-order valence-corrected chi connectivity index (χ4v) is 3.05. The zero-order valence-corrected chi connectivity index (χ0v) is 14.2. The Kier molecular flexibility index (Phi) is 4.60. The molecule has 126 valence electrons. The Balaban J connectivity index is 1.89. The van der Waals surface area contributed by atoms with Crippen LogP contribution in [0.3, 0.4) is 0 Å². The van der Waals surface area contributed by atoms with Crippen molar-refractivity contribution < 1.29 is 19.0 Å². The monoisotopic (exact) mass is 327 g/mol. The summed E-state index contributed by atoms with van der Waals surface area (Å²) < 4.78 is 16.0. The lowest BCUT2D eigenvalue weighted by Gasteiger charge is -2.30. The summed E-state index contributed by atoms with van der Waals surface area (Å²) in [5.74, 6) is 1.82. The van der Waals surface area contributed by atoms with E-state index in [4.69, 9.17) is 14.2 Å². The number of carbonyl (C=O) groups excluding carboxylic acids is 1. The van der Waals surface area contributed by atoms with Gasteiger partial charge in [-0.2, -0.15) is 0 Å². The second-order valence-corrected chi connectivity index (χ2v) is 5.65. The third-order valence-electron chi connectivity index (χ3n) is 4.35. The minimum atomic E-state index is -0.0780. The fourth-order valence-electron chi connectivity index (χ4n) is 3.05. The molecule has 3 rings (SSSR count). The number of methoxy groups -OCH3 is 3. The quantitative estimate of drug-likeness (QED) is 0.866. The van der Waals surface area contributed by atoms with Gasteiger partial charge in [0.2, 0.25) is 0 Å². The second kappa shape index (κ2) is 6.83. The number of nitrogens with zero attached hydrogens (tertiary/aromatic N) is 1. The number of ether oxygens (including phenoxy) is 3. The third-order valence-corrected chi connectivity index (χ3v) is 4.35. The van der Waals surface area contributed by atoms with Crippen LogP contribution in [0.4, 0.5) is 0 Å². The van der Waals surface area contributed by atoms with E-state index < -0.39 is 0 Å². The van der Waals surface area contributed by atoms with Crippen LogP contribution >= 0.6 is 0 Å². The molecule has 0 atom stereocenters. The van der Waals surface area contributed by atoms with E-state index in [9.17, 15) is 4.79 Å². The van der Waals surface area contributed by atoms with Crippen LogP contribution < -0.4 is 14.2 Å². The second-order valence-electron chi connectivity index (χ2n) is 5.65. The van der Waals surface area contributed by atoms with Gasteiger partial charge in [0.1, 0.15) is 22.8 Å². The number of rotatable bonds is 4. The minimum absolute atomic E-state index is 0.0780. The van der Waals surface area contributed by atoms with Gasteiger partial charge < -0.3 is 19.1 Å². The van der Waals surface area contributed by atoms with Gasteiger partial charge in [-0.15, -0.1) is 0 Å². The van der Waals surface area contributed by atoms with E-state index in [-0.39, 0.29) is 5.91 Å². The number of hydrogen-bond donors (Lipinski definition) is 0. The molecule has 0 aromatic heterocycles. The van der Waals surface area contributed by atoms with E-state index in [2.05, 4.69) is 0 Å². The lowest BCUT2D eigenvalue weighted by Crippen LogP contribution is -2.36. The molecule has 0 spiro atoms. The first-order valence-corrected chi connectivity index (χ1v) is 7.84. The Hall–Kier alpha value is -2.69. The first kappa shape index (κ1) is 16.2. The molecule has 0 fully saturated rings. The molecule has 0 saturated carbocycles. The molecule has 1 aliphatic heterocycles. The maximum atomic E-state index is 13.0. The van der Waals surface area contributed by atoms with Crippen LogP contribution in [0.25, 0.3) is 0 Å². The van der Waals surface area contributed by atoms with Gasteiger partial charge in [-0.05, 0) is 41.8 Å². The predicted molar refractivity (Wildman–Crippen MR) is 91.0 cm³/mol. The van der Waals surface area contributed by atoms with Crippen molar-refractivity contribution in [3.8, 4) is 17.2 Å². The van der Waals surface area contributed by atoms with Gasteiger partial charge in [-0.1, -0.05) is 12.1 Å². The molecule has 1 heterocycles. The molecular weight excluding hydrogens is 306 g/mol. The summed E-state index contributed by atoms with van der Waals surface area (Å²) in [6, 6.07) is 11.4. The van der Waals surface area contributed by atoms with Gasteiger partial charge in [-0.3, -0.25) is 4.79 Å². The Morgan fingerprint density at radius 3 is 2.29 bits per heavy atom. The van der Waals surface area contributed by atoms with E-state index in [1.54, 1.807) is 33.5 Å². The summed E-state index contributed by atoms with van der Waals surface area (Å²) in [6.45, 7) is 1.22. The molecule has 0 N–H and O–H groups in total. The highest BCUT2D eigenvalue weighted by Gasteiger charge is 2.27. The van der Waals surface area contributed by atoms with E-state index >= 15 is 0 Å². The molecule has 0 radical (unpaired) electrons. The van der Waals surface area contributed by atoms with E-state index in [0.29, 0.717) is 30.2 Å². The molecule has 24 heavy (non-hydrogen) atoms. The largest absolute Gasteiger partial charge is 0.497 e. The van der Waals surface area contributed by atoms with Crippen molar-refractivity contribution in [2.45, 2.75) is 13.0 Å². The van der Waals surface area contributed by atoms with Crippen molar-refractivity contribution >= 4 is 5.91 Å². The highest BCUT2D eigenvalue weighted by atomic mass is 16.5. The molecule has 1 aliphatic rings. The molecule has 5 nitrogen and oxygen atoms in total. The summed E-state index contributed by atoms with van der Waals surface area (Å²) in [5.41, 5.74) is 2.84. The number of carbonyl (C=O) groups is 1. The Morgan fingerprint density at radius 1 is 0.958 bits per heavy atom. The van der Waals surface area contributed by atoms with Crippen LogP contribution in [-0.4, -0.2) is 38.7 Å². The summed E-state index contributed by atoms with van der Waals surface area (Å²) in [5, 5.41) is 0. The van der Waals surface area contributed by atoms with Crippen molar-refractivity contribution in [1.82, 2.24) is 4.90 Å². The van der Waals surface area contributed by atoms with Gasteiger partial charge in [0.15, 0.2) is 0 Å². The predicted octanol–water partition coefficient (Wildman–Crippen LogP) is 2.91. The van der Waals surface area contributed by atoms with Gasteiger partial charge in [0, 0.05) is 13.1 Å². The molecule has 0 aliphatic carbocycles. The highest BCUT2D eigenvalue weighted by Crippen LogP contribution is 2.31. The van der Waals surface area contributed by atoms with Crippen molar-refractivity contribution in [3.63, 3.8) is 0 Å². The minimum Gasteiger partial charge on any atom is -0.497 e. The molecule has 5 heteroatoms. The Bertz CT molecular complexity index is 735. The standard InChI is InChI=1S/C19H21NO4/c1-22-15-8-7-14-12-20(10-9-13(14)11-15)19(21)18-16(23-2)5-4-6-17(18)24-3/h4-8,11H,9-10,12H2,1-3H3. The summed E-state index contributed by atoms with van der Waals surface area (Å²) in [4.78, 5) is 14.9. The van der Waals surface area contributed by atoms with Crippen molar-refractivity contribution in [1.29, 1.82) is 0 Å². The molecule has 1 amide bonds. The van der Waals surface area contributed by atoms with Gasteiger partial charge in [-0.25, -0.2) is 0 Å². The highest BCUT2D eigenvalue weighted by molar-refractivity contribution is 5.99. The van der Waals surface area contributed by atoms with Gasteiger partial charge in [0.05, 0.1) is 21.3 Å². The fraction of sp³-hybridized carbons (Fsp3) is 0.316. The topological polar surface area (TPSA) is 48.0 Å². The SMILES string of the molecule is COc1ccc2c(c1)CCN(C(=O)c1c(OC)cccc1OC)C2. The lowest BCUT2D eigenvalue weighted by atomic mass is 9.98. The third kappa shape index (κ3) is 2.89. The van der Waals surface area contributed by atoms with Crippen LogP contribution in [-0.2, 0) is 13.0 Å². The van der Waals surface area contributed by atoms with Crippen molar-refractivity contribution in [2.24, 2.45) is 0 Å². The average Bonchev–Trinajstić information content (AvgIpc) is 2.65. The summed E-state index contributed by atoms with van der Waals surface area (Å²) in [6.07, 6.45) is 0.801. The number of hydrogen-bond acceptors (Lipinski definition) is 4. The molecule has 2 aromatic carbocycles. The number of fused-ring (bicyclic) bond motifs is 1. The zero-order valence-electron chi connectivity index (χ0n) is 14.2. The molecule has 0 saturated heterocycles. The summed E-state index contributed by atoms with van der Waals surface area (Å²) >= 11 is 0. The number of benzene rings is 2. The zero-order chi connectivity index (χ0) is 17.1. The van der Waals surface area contributed by atoms with Crippen molar-refractivity contribution in [3.05, 3.63) is 53.1 Å².